The van der Waals surface area contributed by atoms with Gasteiger partial charge in [-0.05, 0) is 42.5 Å². The van der Waals surface area contributed by atoms with E-state index in [1.807, 2.05) is 30.5 Å². The summed E-state index contributed by atoms with van der Waals surface area (Å²) in [6.07, 6.45) is 4.25. The summed E-state index contributed by atoms with van der Waals surface area (Å²) >= 11 is 1.67. The summed E-state index contributed by atoms with van der Waals surface area (Å²) in [4.78, 5) is 9.28. The third kappa shape index (κ3) is 2.39. The molecule has 0 spiro atoms. The molecule has 4 aromatic rings. The number of hydrogen-bond donors (Lipinski definition) is 3. The second-order valence-corrected chi connectivity index (χ2v) is 6.66. The van der Waals surface area contributed by atoms with Crippen molar-refractivity contribution in [3.05, 3.63) is 35.8 Å². The van der Waals surface area contributed by atoms with E-state index in [1.54, 1.807) is 11.3 Å². The van der Waals surface area contributed by atoms with Gasteiger partial charge in [0.05, 0.1) is 21.9 Å². The Balaban J connectivity index is 1.53. The Labute approximate surface area is 136 Å². The Hall–Kier alpha value is -2.67. The average molecular weight is 322 g/mol. The van der Waals surface area contributed by atoms with Gasteiger partial charge in [0.2, 0.25) is 5.95 Å². The van der Waals surface area contributed by atoms with E-state index in [2.05, 4.69) is 36.2 Å². The summed E-state index contributed by atoms with van der Waals surface area (Å²) in [5.74, 6) is 1.54. The van der Waals surface area contributed by atoms with Gasteiger partial charge in [0.25, 0.3) is 0 Å². The summed E-state index contributed by atoms with van der Waals surface area (Å²) in [6.45, 7) is 0. The number of benzene rings is 1. The maximum absolute atomic E-state index is 4.67. The zero-order valence-electron chi connectivity index (χ0n) is 12.2. The van der Waals surface area contributed by atoms with Gasteiger partial charge in [0, 0.05) is 17.1 Å². The van der Waals surface area contributed by atoms with Crippen molar-refractivity contribution in [3.8, 4) is 0 Å². The Bertz CT molecular complexity index is 1000. The smallest absolute Gasteiger partial charge is 0.229 e. The molecule has 3 aromatic heterocycles. The van der Waals surface area contributed by atoms with Crippen molar-refractivity contribution in [1.29, 1.82) is 0 Å². The van der Waals surface area contributed by atoms with Gasteiger partial charge in [0.15, 0.2) is 0 Å². The third-order valence-electron chi connectivity index (χ3n) is 3.92. The predicted molar refractivity (Wildman–Crippen MR) is 93.4 cm³/mol. The van der Waals surface area contributed by atoms with E-state index in [4.69, 9.17) is 0 Å². The molecule has 114 valence electrons. The van der Waals surface area contributed by atoms with Crippen molar-refractivity contribution in [2.75, 3.05) is 10.6 Å². The number of nitrogens with zero attached hydrogens (tertiary/aromatic N) is 3. The number of hydrogen-bond acceptors (Lipinski definition) is 6. The predicted octanol–water partition coefficient (Wildman–Crippen LogP) is 3.89. The van der Waals surface area contributed by atoms with E-state index >= 15 is 0 Å². The molecule has 0 unspecified atom stereocenters. The largest absolute Gasteiger partial charge is 0.366 e. The number of rotatable bonds is 4. The van der Waals surface area contributed by atoms with Crippen molar-refractivity contribution in [3.63, 3.8) is 0 Å². The normalized spacial score (nSPS) is 14.4. The van der Waals surface area contributed by atoms with Crippen LogP contribution in [-0.4, -0.2) is 26.2 Å². The number of aromatic amines is 1. The summed E-state index contributed by atoms with van der Waals surface area (Å²) in [7, 11) is 0. The third-order valence-corrected chi connectivity index (χ3v) is 4.83. The van der Waals surface area contributed by atoms with Crippen molar-refractivity contribution < 1.29 is 0 Å². The molecule has 1 aromatic carbocycles. The fraction of sp³-hybridized carbons (Fsp3) is 0.188. The Morgan fingerprint density at radius 1 is 1.17 bits per heavy atom. The molecule has 0 bridgehead atoms. The number of fused-ring (bicyclic) bond motifs is 2. The van der Waals surface area contributed by atoms with Gasteiger partial charge < -0.3 is 10.6 Å². The molecular weight excluding hydrogens is 308 g/mol. The number of aromatic nitrogens is 4. The van der Waals surface area contributed by atoms with Crippen LogP contribution in [0.15, 0.2) is 35.8 Å². The summed E-state index contributed by atoms with van der Waals surface area (Å²) in [5, 5.41) is 16.9. The van der Waals surface area contributed by atoms with E-state index in [-0.39, 0.29) is 0 Å². The fourth-order valence-electron chi connectivity index (χ4n) is 2.59. The van der Waals surface area contributed by atoms with Gasteiger partial charge in [0.1, 0.15) is 5.82 Å². The lowest BCUT2D eigenvalue weighted by atomic mass is 10.2. The molecule has 1 fully saturated rings. The second-order valence-electron chi connectivity index (χ2n) is 5.75. The van der Waals surface area contributed by atoms with Crippen LogP contribution < -0.4 is 10.6 Å². The van der Waals surface area contributed by atoms with Gasteiger partial charge in [-0.1, -0.05) is 0 Å². The molecular formula is C16H14N6S. The van der Waals surface area contributed by atoms with E-state index in [0.29, 0.717) is 12.0 Å². The molecule has 7 heteroatoms. The quantitative estimate of drug-likeness (QED) is 0.531. The highest BCUT2D eigenvalue weighted by atomic mass is 32.1. The fourth-order valence-corrected chi connectivity index (χ4v) is 3.37. The van der Waals surface area contributed by atoms with E-state index in [9.17, 15) is 0 Å². The van der Waals surface area contributed by atoms with Crippen LogP contribution in [0.5, 0.6) is 0 Å². The maximum Gasteiger partial charge on any atom is 0.229 e. The Kier molecular flexibility index (Phi) is 2.75. The first-order valence-electron chi connectivity index (χ1n) is 7.57. The van der Waals surface area contributed by atoms with Crippen molar-refractivity contribution in [2.24, 2.45) is 0 Å². The molecule has 3 N–H and O–H groups in total. The lowest BCUT2D eigenvalue weighted by Crippen LogP contribution is -2.06. The van der Waals surface area contributed by atoms with Crippen molar-refractivity contribution in [1.82, 2.24) is 20.2 Å². The second kappa shape index (κ2) is 4.92. The topological polar surface area (TPSA) is 78.5 Å². The molecule has 1 aliphatic carbocycles. The molecule has 0 atom stereocenters. The monoisotopic (exact) mass is 322 g/mol. The first-order valence-corrected chi connectivity index (χ1v) is 8.45. The number of thiophene rings is 1. The average Bonchev–Trinajstić information content (AvgIpc) is 3.06. The van der Waals surface area contributed by atoms with E-state index in [0.717, 1.165) is 32.6 Å². The molecule has 0 radical (unpaired) electrons. The van der Waals surface area contributed by atoms with Gasteiger partial charge in [-0.2, -0.15) is 10.1 Å². The van der Waals surface area contributed by atoms with Crippen LogP contribution in [0.2, 0.25) is 0 Å². The molecule has 0 amide bonds. The van der Waals surface area contributed by atoms with Crippen LogP contribution in [0, 0.1) is 0 Å². The first-order chi connectivity index (χ1) is 11.3. The highest BCUT2D eigenvalue weighted by molar-refractivity contribution is 7.17. The maximum atomic E-state index is 4.67. The number of anilines is 3. The number of H-pyrrole nitrogens is 1. The SMILES string of the molecule is c1cc2nc(Nc3ccc4[nH]ncc4c3)nc(NC3CC3)c2s1. The van der Waals surface area contributed by atoms with Gasteiger partial charge in [-0.15, -0.1) is 11.3 Å². The molecule has 3 heterocycles. The van der Waals surface area contributed by atoms with Crippen LogP contribution in [0.4, 0.5) is 17.5 Å². The van der Waals surface area contributed by atoms with E-state index < -0.39 is 0 Å². The van der Waals surface area contributed by atoms with Gasteiger partial charge in [-0.25, -0.2) is 4.98 Å². The highest BCUT2D eigenvalue weighted by Gasteiger charge is 2.23. The van der Waals surface area contributed by atoms with Gasteiger partial charge >= 0.3 is 0 Å². The summed E-state index contributed by atoms with van der Waals surface area (Å²) in [5.41, 5.74) is 2.94. The molecule has 1 saturated carbocycles. The van der Waals surface area contributed by atoms with Crippen LogP contribution in [0.3, 0.4) is 0 Å². The molecule has 6 nitrogen and oxygen atoms in total. The number of nitrogens with one attached hydrogen (secondary N) is 3. The molecule has 0 aliphatic heterocycles. The highest BCUT2D eigenvalue weighted by Crippen LogP contribution is 2.32. The van der Waals surface area contributed by atoms with Crippen LogP contribution in [0.1, 0.15) is 12.8 Å². The zero-order chi connectivity index (χ0) is 15.2. The Morgan fingerprint density at radius 2 is 2.13 bits per heavy atom. The van der Waals surface area contributed by atoms with Gasteiger partial charge in [-0.3, -0.25) is 5.10 Å². The van der Waals surface area contributed by atoms with Crippen LogP contribution in [-0.2, 0) is 0 Å². The lowest BCUT2D eigenvalue weighted by Gasteiger charge is -2.09. The van der Waals surface area contributed by atoms with Crippen molar-refractivity contribution in [2.45, 2.75) is 18.9 Å². The molecule has 23 heavy (non-hydrogen) atoms. The summed E-state index contributed by atoms with van der Waals surface area (Å²) < 4.78 is 1.12. The Morgan fingerprint density at radius 3 is 3.04 bits per heavy atom. The minimum atomic E-state index is 0.560. The minimum Gasteiger partial charge on any atom is -0.366 e. The van der Waals surface area contributed by atoms with Crippen molar-refractivity contribution >= 4 is 49.9 Å². The molecule has 0 saturated heterocycles. The standard InChI is InChI=1S/C16H14N6S/c1-2-10(1)18-15-14-13(5-6-23-14)20-16(21-15)19-11-3-4-12-9(7-11)8-17-22-12/h3-8,10H,1-2H2,(H,17,22)(H2,18,19,20,21). The lowest BCUT2D eigenvalue weighted by molar-refractivity contribution is 1.11. The first kappa shape index (κ1) is 12.8. The molecule has 1 aliphatic rings. The van der Waals surface area contributed by atoms with E-state index in [1.165, 1.54) is 12.8 Å². The molecule has 5 rings (SSSR count). The van der Waals surface area contributed by atoms with Crippen LogP contribution >= 0.6 is 11.3 Å². The van der Waals surface area contributed by atoms with Crippen LogP contribution in [0.25, 0.3) is 21.1 Å². The minimum absolute atomic E-state index is 0.560. The summed E-state index contributed by atoms with van der Waals surface area (Å²) in [6, 6.07) is 8.62. The zero-order valence-corrected chi connectivity index (χ0v) is 13.0.